The summed E-state index contributed by atoms with van der Waals surface area (Å²) in [6, 6.07) is 11.5. The number of nitrogens with zero attached hydrogens (tertiary/aromatic N) is 1. The number of halogens is 1. The van der Waals surface area contributed by atoms with E-state index in [-0.39, 0.29) is 22.2 Å². The number of hydrogen-bond donors (Lipinski definition) is 2. The number of amides is 2. The van der Waals surface area contributed by atoms with Gasteiger partial charge >= 0.3 is 0 Å². The second-order valence-electron chi connectivity index (χ2n) is 5.37. The number of ether oxygens (including phenoxy) is 1. The van der Waals surface area contributed by atoms with E-state index in [1.807, 2.05) is 6.07 Å². The van der Waals surface area contributed by atoms with Gasteiger partial charge in [-0.25, -0.2) is 0 Å². The molecular formula is C18H13BrN2O4S. The number of carbonyl (C=O) groups excluding carboxylic acids is 2. The number of hydrogen-bond acceptors (Lipinski definition) is 5. The molecule has 6 nitrogen and oxygen atoms in total. The third-order valence-corrected chi connectivity index (χ3v) is 4.46. The van der Waals surface area contributed by atoms with Crippen molar-refractivity contribution in [2.24, 2.45) is 0 Å². The normalized spacial score (nSPS) is 16.0. The molecule has 132 valence electrons. The van der Waals surface area contributed by atoms with Gasteiger partial charge in [-0.1, -0.05) is 28.1 Å². The molecule has 0 aliphatic carbocycles. The second-order valence-corrected chi connectivity index (χ2v) is 6.67. The SMILES string of the molecule is COc1cc(/C=C2\C(=O)NC(=S)N(c3cccc(Br)c3)C2=O)ccc1O. The molecule has 8 heteroatoms. The summed E-state index contributed by atoms with van der Waals surface area (Å²) >= 11 is 8.51. The van der Waals surface area contributed by atoms with E-state index in [4.69, 9.17) is 17.0 Å². The lowest BCUT2D eigenvalue weighted by Gasteiger charge is -2.29. The molecule has 1 fully saturated rings. The van der Waals surface area contributed by atoms with Gasteiger partial charge in [0.05, 0.1) is 12.8 Å². The molecule has 0 atom stereocenters. The molecule has 1 saturated heterocycles. The van der Waals surface area contributed by atoms with Gasteiger partial charge in [-0.2, -0.15) is 0 Å². The molecule has 0 saturated carbocycles. The second kappa shape index (κ2) is 7.27. The van der Waals surface area contributed by atoms with Crippen LogP contribution in [-0.4, -0.2) is 29.1 Å². The van der Waals surface area contributed by atoms with Gasteiger partial charge in [-0.15, -0.1) is 0 Å². The van der Waals surface area contributed by atoms with Gasteiger partial charge in [0.25, 0.3) is 11.8 Å². The molecule has 1 aliphatic rings. The van der Waals surface area contributed by atoms with Gasteiger partial charge < -0.3 is 9.84 Å². The van der Waals surface area contributed by atoms with Gasteiger partial charge in [0, 0.05) is 4.47 Å². The largest absolute Gasteiger partial charge is 0.504 e. The van der Waals surface area contributed by atoms with Crippen molar-refractivity contribution in [1.82, 2.24) is 5.32 Å². The number of phenolic OH excluding ortho intramolecular Hbond substituents is 1. The number of anilines is 1. The fourth-order valence-corrected chi connectivity index (χ4v) is 3.13. The first-order valence-corrected chi connectivity index (χ1v) is 8.65. The number of benzene rings is 2. The number of phenols is 1. The van der Waals surface area contributed by atoms with Crippen molar-refractivity contribution >= 4 is 56.8 Å². The summed E-state index contributed by atoms with van der Waals surface area (Å²) in [6.07, 6.45) is 1.42. The molecule has 0 bridgehead atoms. The van der Waals surface area contributed by atoms with Gasteiger partial charge in [-0.05, 0) is 54.2 Å². The predicted molar refractivity (Wildman–Crippen MR) is 105 cm³/mol. The summed E-state index contributed by atoms with van der Waals surface area (Å²) in [7, 11) is 1.41. The number of nitrogens with one attached hydrogen (secondary N) is 1. The van der Waals surface area contributed by atoms with E-state index < -0.39 is 11.8 Å². The fraction of sp³-hybridized carbons (Fsp3) is 0.0556. The summed E-state index contributed by atoms with van der Waals surface area (Å²) in [6.45, 7) is 0. The lowest BCUT2D eigenvalue weighted by atomic mass is 10.1. The Labute approximate surface area is 163 Å². The first-order chi connectivity index (χ1) is 12.4. The van der Waals surface area contributed by atoms with Crippen LogP contribution in [0.5, 0.6) is 11.5 Å². The van der Waals surface area contributed by atoms with Crippen LogP contribution in [0.25, 0.3) is 6.08 Å². The van der Waals surface area contributed by atoms with Crippen LogP contribution in [0, 0.1) is 0 Å². The summed E-state index contributed by atoms with van der Waals surface area (Å²) in [5, 5.41) is 12.2. The molecule has 0 unspecified atom stereocenters. The average molecular weight is 433 g/mol. The van der Waals surface area contributed by atoms with E-state index in [0.717, 1.165) is 4.47 Å². The molecule has 2 amide bonds. The van der Waals surface area contributed by atoms with Gasteiger partial charge in [0.15, 0.2) is 16.6 Å². The molecule has 26 heavy (non-hydrogen) atoms. The highest BCUT2D eigenvalue weighted by molar-refractivity contribution is 9.10. The maximum absolute atomic E-state index is 12.9. The van der Waals surface area contributed by atoms with Crippen LogP contribution in [0.1, 0.15) is 5.56 Å². The minimum absolute atomic E-state index is 0.0125. The number of aromatic hydroxyl groups is 1. The maximum atomic E-state index is 12.9. The quantitative estimate of drug-likeness (QED) is 0.442. The minimum atomic E-state index is -0.585. The Hall–Kier alpha value is -2.71. The lowest BCUT2D eigenvalue weighted by molar-refractivity contribution is -0.122. The Morgan fingerprint density at radius 3 is 2.69 bits per heavy atom. The number of rotatable bonds is 3. The van der Waals surface area contributed by atoms with Crippen molar-refractivity contribution in [2.45, 2.75) is 0 Å². The van der Waals surface area contributed by atoms with E-state index >= 15 is 0 Å². The third kappa shape index (κ3) is 3.47. The zero-order chi connectivity index (χ0) is 18.8. The van der Waals surface area contributed by atoms with E-state index in [1.165, 1.54) is 30.2 Å². The highest BCUT2D eigenvalue weighted by Crippen LogP contribution is 2.29. The van der Waals surface area contributed by atoms with Crippen LogP contribution < -0.4 is 15.0 Å². The minimum Gasteiger partial charge on any atom is -0.504 e. The number of thiocarbonyl (C=S) groups is 1. The van der Waals surface area contributed by atoms with Crippen LogP contribution in [0.15, 0.2) is 52.5 Å². The van der Waals surface area contributed by atoms with E-state index in [1.54, 1.807) is 24.3 Å². The molecule has 0 spiro atoms. The topological polar surface area (TPSA) is 78.9 Å². The van der Waals surface area contributed by atoms with Crippen LogP contribution in [0.2, 0.25) is 0 Å². The van der Waals surface area contributed by atoms with Crippen molar-refractivity contribution in [2.75, 3.05) is 12.0 Å². The van der Waals surface area contributed by atoms with Crippen molar-refractivity contribution in [3.63, 3.8) is 0 Å². The maximum Gasteiger partial charge on any atom is 0.270 e. The van der Waals surface area contributed by atoms with Crippen molar-refractivity contribution in [3.8, 4) is 11.5 Å². The van der Waals surface area contributed by atoms with E-state index in [9.17, 15) is 14.7 Å². The smallest absolute Gasteiger partial charge is 0.270 e. The summed E-state index contributed by atoms with van der Waals surface area (Å²) in [5.41, 5.74) is 0.982. The Morgan fingerprint density at radius 1 is 1.23 bits per heavy atom. The molecule has 1 heterocycles. The molecule has 2 N–H and O–H groups in total. The fourth-order valence-electron chi connectivity index (χ4n) is 2.46. The van der Waals surface area contributed by atoms with Crippen LogP contribution in [-0.2, 0) is 9.59 Å². The molecule has 1 aliphatic heterocycles. The third-order valence-electron chi connectivity index (χ3n) is 3.68. The molecule has 2 aromatic rings. The average Bonchev–Trinajstić information content (AvgIpc) is 2.60. The Balaban J connectivity index is 2.03. The van der Waals surface area contributed by atoms with Crippen LogP contribution in [0.4, 0.5) is 5.69 Å². The first-order valence-electron chi connectivity index (χ1n) is 7.44. The Bertz CT molecular complexity index is 958. The molecular weight excluding hydrogens is 420 g/mol. The van der Waals surface area contributed by atoms with Crippen molar-refractivity contribution < 1.29 is 19.4 Å². The zero-order valence-corrected chi connectivity index (χ0v) is 15.9. The first kappa shape index (κ1) is 18.1. The highest BCUT2D eigenvalue weighted by atomic mass is 79.9. The van der Waals surface area contributed by atoms with Crippen molar-refractivity contribution in [1.29, 1.82) is 0 Å². The Kier molecular flexibility index (Phi) is 5.06. The zero-order valence-electron chi connectivity index (χ0n) is 13.5. The van der Waals surface area contributed by atoms with E-state index in [2.05, 4.69) is 21.2 Å². The summed E-state index contributed by atoms with van der Waals surface area (Å²) in [5.74, 6) is -0.921. The Morgan fingerprint density at radius 2 is 2.00 bits per heavy atom. The molecule has 2 aromatic carbocycles. The highest BCUT2D eigenvalue weighted by Gasteiger charge is 2.34. The van der Waals surface area contributed by atoms with Crippen LogP contribution in [0.3, 0.4) is 0 Å². The molecule has 0 radical (unpaired) electrons. The summed E-state index contributed by atoms with van der Waals surface area (Å²) in [4.78, 5) is 26.4. The standard InChI is InChI=1S/C18H13BrN2O4S/c1-25-15-8-10(5-6-14(15)22)7-13-16(23)20-18(26)21(17(13)24)12-4-2-3-11(19)9-12/h2-9,22H,1H3,(H,20,23,26)/b13-7+. The van der Waals surface area contributed by atoms with Gasteiger partial charge in [0.1, 0.15) is 5.57 Å². The summed E-state index contributed by atoms with van der Waals surface area (Å²) < 4.78 is 5.82. The predicted octanol–water partition coefficient (Wildman–Crippen LogP) is 2.99. The number of methoxy groups -OCH3 is 1. The van der Waals surface area contributed by atoms with E-state index in [0.29, 0.717) is 11.3 Å². The van der Waals surface area contributed by atoms with Crippen molar-refractivity contribution in [3.05, 3.63) is 58.1 Å². The van der Waals surface area contributed by atoms with Crippen LogP contribution >= 0.6 is 28.1 Å². The molecule has 0 aromatic heterocycles. The molecule has 3 rings (SSSR count). The van der Waals surface area contributed by atoms with Gasteiger partial charge in [0.2, 0.25) is 0 Å². The lowest BCUT2D eigenvalue weighted by Crippen LogP contribution is -2.54. The number of carbonyl (C=O) groups is 2. The van der Waals surface area contributed by atoms with Gasteiger partial charge in [-0.3, -0.25) is 19.8 Å². The monoisotopic (exact) mass is 432 g/mol.